The number of aromatic nitrogens is 1. The minimum Gasteiger partial charge on any atom is -0.192 e. The van der Waals surface area contributed by atoms with Gasteiger partial charge in [0.05, 0.1) is 4.88 Å². The summed E-state index contributed by atoms with van der Waals surface area (Å²) in [6, 6.07) is 12.2. The van der Waals surface area contributed by atoms with Crippen LogP contribution in [0.2, 0.25) is 0 Å². The summed E-state index contributed by atoms with van der Waals surface area (Å²) in [7, 11) is 0. The highest BCUT2D eigenvalue weighted by molar-refractivity contribution is 9.09. The van der Waals surface area contributed by atoms with Crippen molar-refractivity contribution >= 4 is 39.2 Å². The van der Waals surface area contributed by atoms with Crippen molar-refractivity contribution in [3.05, 3.63) is 35.9 Å². The predicted octanol–water partition coefficient (Wildman–Crippen LogP) is 4.17. The molecule has 0 N–H and O–H groups in total. The van der Waals surface area contributed by atoms with Gasteiger partial charge in [0.15, 0.2) is 0 Å². The van der Waals surface area contributed by atoms with Crippen molar-refractivity contribution in [3.8, 4) is 16.5 Å². The van der Waals surface area contributed by atoms with Crippen LogP contribution in [0.25, 0.3) is 10.4 Å². The number of nitrogens with zero attached hydrogens (tertiary/aromatic N) is 2. The Labute approximate surface area is 117 Å². The van der Waals surface area contributed by atoms with Crippen LogP contribution in [-0.2, 0) is 0 Å². The number of benzene rings is 1. The van der Waals surface area contributed by atoms with E-state index < -0.39 is 0 Å². The maximum absolute atomic E-state index is 9.24. The molecule has 86 valence electrons. The molecule has 17 heavy (non-hydrogen) atoms. The summed E-state index contributed by atoms with van der Waals surface area (Å²) < 4.78 is 4.36. The van der Waals surface area contributed by atoms with Crippen molar-refractivity contribution in [2.24, 2.45) is 0 Å². The van der Waals surface area contributed by atoms with Crippen molar-refractivity contribution < 1.29 is 0 Å². The first kappa shape index (κ1) is 12.6. The van der Waals surface area contributed by atoms with Crippen molar-refractivity contribution in [1.29, 1.82) is 5.26 Å². The quantitative estimate of drug-likeness (QED) is 0.625. The van der Waals surface area contributed by atoms with Gasteiger partial charge in [-0.15, -0.1) is 11.8 Å². The number of hydrogen-bond donors (Lipinski definition) is 0. The van der Waals surface area contributed by atoms with Crippen LogP contribution < -0.4 is 0 Å². The molecule has 0 amide bonds. The van der Waals surface area contributed by atoms with Gasteiger partial charge in [-0.3, -0.25) is 0 Å². The van der Waals surface area contributed by atoms with Gasteiger partial charge in [0, 0.05) is 11.1 Å². The smallest absolute Gasteiger partial charge is 0.128 e. The molecule has 0 aliphatic rings. The van der Waals surface area contributed by atoms with E-state index in [0.29, 0.717) is 5.56 Å². The van der Waals surface area contributed by atoms with Crippen LogP contribution in [0.5, 0.6) is 0 Å². The first-order valence-electron chi connectivity index (χ1n) is 5.00. The number of rotatable bonds is 4. The Morgan fingerprint density at radius 2 is 2.12 bits per heavy atom. The molecule has 0 aliphatic carbocycles. The van der Waals surface area contributed by atoms with Crippen LogP contribution in [0.3, 0.4) is 0 Å². The van der Waals surface area contributed by atoms with Crippen LogP contribution in [0.15, 0.2) is 35.4 Å². The minimum absolute atomic E-state index is 0.701. The Morgan fingerprint density at radius 3 is 2.76 bits per heavy atom. The highest BCUT2D eigenvalue weighted by Gasteiger charge is 2.14. The molecule has 0 fully saturated rings. The van der Waals surface area contributed by atoms with Crippen LogP contribution in [-0.4, -0.2) is 15.5 Å². The summed E-state index contributed by atoms with van der Waals surface area (Å²) in [5.41, 5.74) is 1.76. The zero-order chi connectivity index (χ0) is 12.1. The van der Waals surface area contributed by atoms with Gasteiger partial charge in [0.25, 0.3) is 0 Å². The average Bonchev–Trinajstić information content (AvgIpc) is 2.80. The van der Waals surface area contributed by atoms with E-state index in [0.717, 1.165) is 26.5 Å². The van der Waals surface area contributed by atoms with Crippen molar-refractivity contribution in [3.63, 3.8) is 0 Å². The largest absolute Gasteiger partial charge is 0.192 e. The first-order valence-corrected chi connectivity index (χ1v) is 7.89. The summed E-state index contributed by atoms with van der Waals surface area (Å²) >= 11 is 6.39. The Bertz CT molecular complexity index is 531. The fraction of sp³-hybridized carbons (Fsp3) is 0.167. The summed E-state index contributed by atoms with van der Waals surface area (Å²) in [6.45, 7) is 0. The fourth-order valence-electron chi connectivity index (χ4n) is 1.39. The zero-order valence-electron chi connectivity index (χ0n) is 8.89. The number of thioether (sulfide) groups is 1. The van der Waals surface area contributed by atoms with Gasteiger partial charge in [-0.25, -0.2) is 0 Å². The lowest BCUT2D eigenvalue weighted by molar-refractivity contribution is 1.25. The van der Waals surface area contributed by atoms with Crippen LogP contribution in [0.1, 0.15) is 5.56 Å². The second kappa shape index (κ2) is 6.20. The lowest BCUT2D eigenvalue weighted by Crippen LogP contribution is -1.83. The van der Waals surface area contributed by atoms with E-state index in [-0.39, 0.29) is 0 Å². The number of alkyl halides is 1. The van der Waals surface area contributed by atoms with Gasteiger partial charge in [-0.1, -0.05) is 46.3 Å². The number of hydrogen-bond acceptors (Lipinski definition) is 4. The van der Waals surface area contributed by atoms with E-state index in [1.54, 1.807) is 11.8 Å². The standard InChI is InChI=1S/C12H9BrN2S2/c13-6-7-16-12-10(8-14)11(17-15-12)9-4-2-1-3-5-9/h1-5H,6-7H2. The third-order valence-electron chi connectivity index (χ3n) is 2.12. The molecule has 0 bridgehead atoms. The van der Waals surface area contributed by atoms with E-state index in [2.05, 4.69) is 26.4 Å². The molecule has 1 heterocycles. The Hall–Kier alpha value is -0.830. The van der Waals surface area contributed by atoms with Gasteiger partial charge in [-0.05, 0) is 17.1 Å². The van der Waals surface area contributed by atoms with E-state index in [4.69, 9.17) is 0 Å². The maximum atomic E-state index is 9.24. The highest BCUT2D eigenvalue weighted by Crippen LogP contribution is 2.34. The molecule has 0 radical (unpaired) electrons. The summed E-state index contributed by atoms with van der Waals surface area (Å²) in [4.78, 5) is 0.963. The molecule has 2 nitrogen and oxygen atoms in total. The fourth-order valence-corrected chi connectivity index (χ4v) is 3.57. The zero-order valence-corrected chi connectivity index (χ0v) is 12.1. The topological polar surface area (TPSA) is 36.7 Å². The minimum atomic E-state index is 0.701. The number of nitriles is 1. The van der Waals surface area contributed by atoms with E-state index >= 15 is 0 Å². The van der Waals surface area contributed by atoms with Crippen LogP contribution in [0.4, 0.5) is 0 Å². The molecule has 5 heteroatoms. The van der Waals surface area contributed by atoms with Gasteiger partial charge in [0.1, 0.15) is 16.7 Å². The lowest BCUT2D eigenvalue weighted by Gasteiger charge is -1.97. The van der Waals surface area contributed by atoms with Crippen molar-refractivity contribution in [2.45, 2.75) is 5.03 Å². The van der Waals surface area contributed by atoms with E-state index in [1.165, 1.54) is 11.5 Å². The summed E-state index contributed by atoms with van der Waals surface area (Å²) in [5.74, 6) is 0.923. The normalized spacial score (nSPS) is 10.1. The highest BCUT2D eigenvalue weighted by atomic mass is 79.9. The lowest BCUT2D eigenvalue weighted by atomic mass is 10.1. The maximum Gasteiger partial charge on any atom is 0.128 e. The second-order valence-corrected chi connectivity index (χ2v) is 5.86. The summed E-state index contributed by atoms with van der Waals surface area (Å²) in [5, 5.41) is 11.0. The first-order chi connectivity index (χ1) is 8.36. The van der Waals surface area contributed by atoms with Crippen LogP contribution >= 0.6 is 39.2 Å². The van der Waals surface area contributed by atoms with Gasteiger partial charge in [-0.2, -0.15) is 9.64 Å². The monoisotopic (exact) mass is 324 g/mol. The molecule has 0 unspecified atom stereocenters. The Kier molecular flexibility index (Phi) is 4.60. The van der Waals surface area contributed by atoms with Gasteiger partial charge < -0.3 is 0 Å². The molecule has 0 spiro atoms. The molecule has 2 rings (SSSR count). The third-order valence-corrected chi connectivity index (χ3v) is 5.03. The molecule has 2 aromatic rings. The molecule has 0 atom stereocenters. The third kappa shape index (κ3) is 2.89. The molecular formula is C12H9BrN2S2. The SMILES string of the molecule is N#Cc1c(SCCBr)nsc1-c1ccccc1. The molecule has 0 aliphatic heterocycles. The van der Waals surface area contributed by atoms with E-state index in [9.17, 15) is 5.26 Å². The van der Waals surface area contributed by atoms with Gasteiger partial charge in [0.2, 0.25) is 0 Å². The Morgan fingerprint density at radius 1 is 1.35 bits per heavy atom. The predicted molar refractivity (Wildman–Crippen MR) is 76.8 cm³/mol. The molecule has 1 aromatic carbocycles. The molecule has 1 aromatic heterocycles. The molecule has 0 saturated heterocycles. The van der Waals surface area contributed by atoms with Crippen LogP contribution in [0, 0.1) is 11.3 Å². The molecular weight excluding hydrogens is 316 g/mol. The van der Waals surface area contributed by atoms with Gasteiger partial charge >= 0.3 is 0 Å². The van der Waals surface area contributed by atoms with Crippen molar-refractivity contribution in [1.82, 2.24) is 4.37 Å². The Balaban J connectivity index is 2.37. The molecule has 0 saturated carbocycles. The van der Waals surface area contributed by atoms with E-state index in [1.807, 2.05) is 30.3 Å². The summed E-state index contributed by atoms with van der Waals surface area (Å²) in [6.07, 6.45) is 0. The second-order valence-electron chi connectivity index (χ2n) is 3.21. The average molecular weight is 325 g/mol. The number of halogens is 1. The van der Waals surface area contributed by atoms with Crippen molar-refractivity contribution in [2.75, 3.05) is 11.1 Å².